The van der Waals surface area contributed by atoms with Gasteiger partial charge in [0.1, 0.15) is 11.4 Å². The van der Waals surface area contributed by atoms with Gasteiger partial charge in [-0.3, -0.25) is 9.67 Å². The fraction of sp³-hybridized carbons (Fsp3) is 0.412. The molecule has 2 aromatic heterocycles. The van der Waals surface area contributed by atoms with E-state index in [1.165, 1.54) is 7.05 Å². The first-order chi connectivity index (χ1) is 12.8. The summed E-state index contributed by atoms with van der Waals surface area (Å²) in [4.78, 5) is 12.3. The molecule has 0 amide bonds. The summed E-state index contributed by atoms with van der Waals surface area (Å²) in [6.45, 7) is 4.44. The van der Waals surface area contributed by atoms with Crippen LogP contribution in [0.2, 0.25) is 0 Å². The lowest BCUT2D eigenvalue weighted by atomic mass is 10.1. The lowest BCUT2D eigenvalue weighted by Gasteiger charge is -2.16. The molecular weight excluding hydrogens is 359 g/mol. The summed E-state index contributed by atoms with van der Waals surface area (Å²) < 4.78 is 40.6. The van der Waals surface area contributed by atoms with Gasteiger partial charge < -0.3 is 10.6 Å². The summed E-state index contributed by atoms with van der Waals surface area (Å²) in [6, 6.07) is 0.111. The molecule has 3 heterocycles. The molecule has 0 spiro atoms. The van der Waals surface area contributed by atoms with Gasteiger partial charge in [0.05, 0.1) is 30.2 Å². The van der Waals surface area contributed by atoms with Crippen LogP contribution in [0, 0.1) is 6.92 Å². The molecule has 3 rings (SSSR count). The van der Waals surface area contributed by atoms with Gasteiger partial charge >= 0.3 is 6.18 Å². The third kappa shape index (κ3) is 4.26. The summed E-state index contributed by atoms with van der Waals surface area (Å²) in [5.74, 6) is -0.228. The molecule has 2 N–H and O–H groups in total. The molecule has 27 heavy (non-hydrogen) atoms. The van der Waals surface area contributed by atoms with Gasteiger partial charge in [-0.2, -0.15) is 23.3 Å². The third-order valence-corrected chi connectivity index (χ3v) is 4.22. The van der Waals surface area contributed by atoms with Gasteiger partial charge in [0.15, 0.2) is 0 Å². The quantitative estimate of drug-likeness (QED) is 0.830. The van der Waals surface area contributed by atoms with Gasteiger partial charge in [-0.05, 0) is 26.3 Å². The number of anilines is 3. The number of hydrogen-bond acceptors (Lipinski definition) is 6. The molecule has 10 heteroatoms. The van der Waals surface area contributed by atoms with Gasteiger partial charge in [0.2, 0.25) is 5.95 Å². The van der Waals surface area contributed by atoms with Crippen molar-refractivity contribution in [2.45, 2.75) is 39.0 Å². The minimum absolute atomic E-state index is 0.0597. The summed E-state index contributed by atoms with van der Waals surface area (Å²) in [6.07, 6.45) is 2.75. The van der Waals surface area contributed by atoms with Gasteiger partial charge in [-0.15, -0.1) is 0 Å². The standard InChI is InChI=1S/C17H20F3N7/c1-10-5-4-6-12(24-10)9-27-11(2)14(8-23-27)25-16-22-7-13(17(18,19)20)15(21-3)26-16/h4-5,7-8,12H,6,9H2,1-3H3,(H2,21,22,25,26). The predicted molar refractivity (Wildman–Crippen MR) is 97.5 cm³/mol. The van der Waals surface area contributed by atoms with Gasteiger partial charge in [-0.1, -0.05) is 6.08 Å². The number of rotatable bonds is 5. The number of allylic oxidation sites excluding steroid dienone is 1. The van der Waals surface area contributed by atoms with E-state index in [9.17, 15) is 13.2 Å². The minimum Gasteiger partial charge on any atom is -0.372 e. The van der Waals surface area contributed by atoms with Crippen molar-refractivity contribution < 1.29 is 13.2 Å². The average Bonchev–Trinajstić information content (AvgIpc) is 2.94. The highest BCUT2D eigenvalue weighted by Gasteiger charge is 2.35. The molecule has 1 unspecified atom stereocenters. The Bertz CT molecular complexity index is 883. The topological polar surface area (TPSA) is 80.0 Å². The Labute approximate surface area is 154 Å². The van der Waals surface area contributed by atoms with Crippen LogP contribution >= 0.6 is 0 Å². The van der Waals surface area contributed by atoms with E-state index in [1.807, 2.05) is 24.6 Å². The van der Waals surface area contributed by atoms with Crippen molar-refractivity contribution in [2.75, 3.05) is 17.7 Å². The maximum Gasteiger partial charge on any atom is 0.421 e. The van der Waals surface area contributed by atoms with E-state index < -0.39 is 11.7 Å². The third-order valence-electron chi connectivity index (χ3n) is 4.22. The van der Waals surface area contributed by atoms with Crippen molar-refractivity contribution in [3.05, 3.63) is 35.8 Å². The number of nitrogens with one attached hydrogen (secondary N) is 2. The normalized spacial score (nSPS) is 17.0. The second kappa shape index (κ2) is 7.37. The van der Waals surface area contributed by atoms with E-state index in [2.05, 4.69) is 36.8 Å². The predicted octanol–water partition coefficient (Wildman–Crippen LogP) is 3.58. The van der Waals surface area contributed by atoms with Gasteiger partial charge in [-0.25, -0.2) is 4.98 Å². The first-order valence-corrected chi connectivity index (χ1v) is 8.40. The Morgan fingerprint density at radius 2 is 2.04 bits per heavy atom. The Hall–Kier alpha value is -2.91. The SMILES string of the molecule is CNc1nc(Nc2cnn(CC3CC=CC(C)=N3)c2C)ncc1C(F)(F)F. The fourth-order valence-electron chi connectivity index (χ4n) is 2.81. The van der Waals surface area contributed by atoms with Crippen LogP contribution in [-0.2, 0) is 12.7 Å². The molecule has 0 radical (unpaired) electrons. The Morgan fingerprint density at radius 3 is 2.70 bits per heavy atom. The molecule has 0 aromatic carbocycles. The average molecular weight is 379 g/mol. The highest BCUT2D eigenvalue weighted by Crippen LogP contribution is 2.34. The summed E-state index contributed by atoms with van der Waals surface area (Å²) in [5.41, 5.74) is 1.52. The highest BCUT2D eigenvalue weighted by atomic mass is 19.4. The summed E-state index contributed by atoms with van der Waals surface area (Å²) in [7, 11) is 1.38. The number of aliphatic imine (C=N–C) groups is 1. The summed E-state index contributed by atoms with van der Waals surface area (Å²) >= 11 is 0. The smallest absolute Gasteiger partial charge is 0.372 e. The molecule has 0 fully saturated rings. The lowest BCUT2D eigenvalue weighted by Crippen LogP contribution is -2.19. The van der Waals surface area contributed by atoms with Crippen LogP contribution in [0.4, 0.5) is 30.6 Å². The Morgan fingerprint density at radius 1 is 1.26 bits per heavy atom. The molecule has 0 saturated carbocycles. The molecule has 1 aliphatic heterocycles. The second-order valence-electron chi connectivity index (χ2n) is 6.22. The second-order valence-corrected chi connectivity index (χ2v) is 6.22. The molecule has 2 aromatic rings. The highest BCUT2D eigenvalue weighted by molar-refractivity contribution is 5.93. The first kappa shape index (κ1) is 18.9. The van der Waals surface area contributed by atoms with Crippen molar-refractivity contribution in [3.63, 3.8) is 0 Å². The van der Waals surface area contributed by atoms with E-state index in [0.717, 1.165) is 24.0 Å². The summed E-state index contributed by atoms with van der Waals surface area (Å²) in [5, 5.41) is 9.72. The molecule has 0 aliphatic carbocycles. The number of alkyl halides is 3. The molecular formula is C17H20F3N7. The maximum absolute atomic E-state index is 12.9. The first-order valence-electron chi connectivity index (χ1n) is 8.40. The van der Waals surface area contributed by atoms with Gasteiger partial charge in [0, 0.05) is 19.0 Å². The van der Waals surface area contributed by atoms with E-state index in [4.69, 9.17) is 0 Å². The fourth-order valence-corrected chi connectivity index (χ4v) is 2.81. The van der Waals surface area contributed by atoms with Crippen molar-refractivity contribution in [1.29, 1.82) is 0 Å². The zero-order valence-corrected chi connectivity index (χ0v) is 15.2. The zero-order chi connectivity index (χ0) is 19.6. The monoisotopic (exact) mass is 379 g/mol. The Kier molecular flexibility index (Phi) is 5.15. The van der Waals surface area contributed by atoms with Gasteiger partial charge in [0.25, 0.3) is 0 Å². The van der Waals surface area contributed by atoms with Crippen molar-refractivity contribution in [1.82, 2.24) is 19.7 Å². The number of aromatic nitrogens is 4. The van der Waals surface area contributed by atoms with Crippen molar-refractivity contribution in [3.8, 4) is 0 Å². The van der Waals surface area contributed by atoms with Crippen LogP contribution in [0.5, 0.6) is 0 Å². The van der Waals surface area contributed by atoms with E-state index in [1.54, 1.807) is 6.20 Å². The van der Waals surface area contributed by atoms with Crippen LogP contribution in [0.15, 0.2) is 29.5 Å². The number of halogens is 3. The molecule has 7 nitrogen and oxygen atoms in total. The minimum atomic E-state index is -4.52. The lowest BCUT2D eigenvalue weighted by molar-refractivity contribution is -0.137. The molecule has 0 bridgehead atoms. The zero-order valence-electron chi connectivity index (χ0n) is 15.2. The van der Waals surface area contributed by atoms with Crippen molar-refractivity contribution in [2.24, 2.45) is 4.99 Å². The van der Waals surface area contributed by atoms with Crippen LogP contribution in [-0.4, -0.2) is 38.5 Å². The number of dihydropyridines is 1. The van der Waals surface area contributed by atoms with E-state index in [-0.39, 0.29) is 17.8 Å². The van der Waals surface area contributed by atoms with E-state index >= 15 is 0 Å². The molecule has 0 saturated heterocycles. The molecule has 1 atom stereocenters. The Balaban J connectivity index is 1.77. The largest absolute Gasteiger partial charge is 0.421 e. The number of hydrogen-bond donors (Lipinski definition) is 2. The van der Waals surface area contributed by atoms with E-state index in [0.29, 0.717) is 12.2 Å². The number of nitrogens with zero attached hydrogens (tertiary/aromatic N) is 5. The maximum atomic E-state index is 12.9. The molecule has 1 aliphatic rings. The molecule has 144 valence electrons. The van der Waals surface area contributed by atoms with Crippen LogP contribution in [0.25, 0.3) is 0 Å². The van der Waals surface area contributed by atoms with Crippen LogP contribution < -0.4 is 10.6 Å². The van der Waals surface area contributed by atoms with Crippen molar-refractivity contribution >= 4 is 23.2 Å². The van der Waals surface area contributed by atoms with Crippen LogP contribution in [0.3, 0.4) is 0 Å². The van der Waals surface area contributed by atoms with Crippen LogP contribution in [0.1, 0.15) is 24.6 Å².